The molecule has 0 amide bonds. The number of hydrogen-bond acceptors (Lipinski definition) is 8. The summed E-state index contributed by atoms with van der Waals surface area (Å²) < 4.78 is 101. The van der Waals surface area contributed by atoms with Gasteiger partial charge in [0.1, 0.15) is 11.3 Å². The van der Waals surface area contributed by atoms with Crippen LogP contribution >= 0.6 is 56.9 Å². The van der Waals surface area contributed by atoms with Crippen molar-refractivity contribution in [3.8, 4) is 5.75 Å². The van der Waals surface area contributed by atoms with Gasteiger partial charge in [0.25, 0.3) is 5.79 Å². The van der Waals surface area contributed by atoms with E-state index < -0.39 is 68.5 Å². The second-order valence-corrected chi connectivity index (χ2v) is 13.1. The van der Waals surface area contributed by atoms with Crippen LogP contribution in [0.25, 0.3) is 0 Å². The predicted molar refractivity (Wildman–Crippen MR) is 126 cm³/mol. The Labute approximate surface area is 221 Å². The summed E-state index contributed by atoms with van der Waals surface area (Å²) in [7, 11) is -6.36. The molecular formula is C18H14F4I2O8S2. The molecule has 0 aliphatic carbocycles. The van der Waals surface area contributed by atoms with E-state index in [1.165, 1.54) is 11.8 Å². The van der Waals surface area contributed by atoms with Crippen molar-refractivity contribution < 1.29 is 54.3 Å². The van der Waals surface area contributed by atoms with Gasteiger partial charge < -0.3 is 14.2 Å². The first-order chi connectivity index (χ1) is 15.6. The normalized spacial score (nSPS) is 28.4. The summed E-state index contributed by atoms with van der Waals surface area (Å²) in [6.45, 7) is -1.18. The summed E-state index contributed by atoms with van der Waals surface area (Å²) in [5.74, 6) is -8.36. The lowest BCUT2D eigenvalue weighted by molar-refractivity contribution is -0.180. The molecule has 34 heavy (non-hydrogen) atoms. The number of ether oxygens (including phenoxy) is 3. The molecule has 2 bridgehead atoms. The van der Waals surface area contributed by atoms with Gasteiger partial charge >= 0.3 is 33.2 Å². The monoisotopic (exact) mass is 752 g/mol. The van der Waals surface area contributed by atoms with Crippen LogP contribution in [0.15, 0.2) is 12.1 Å². The first kappa shape index (κ1) is 26.5. The van der Waals surface area contributed by atoms with Crippen LogP contribution in [0, 0.1) is 13.1 Å². The smallest absolute Gasteiger partial charge is 0.431 e. The van der Waals surface area contributed by atoms with Gasteiger partial charge in [0, 0.05) is 18.8 Å². The average Bonchev–Trinajstić information content (AvgIpc) is 3.26. The number of thioether (sulfide) groups is 1. The molecule has 1 aromatic rings. The first-order valence-electron chi connectivity index (χ1n) is 9.54. The fraction of sp³-hybridized carbons (Fsp3) is 0.556. The fourth-order valence-corrected chi connectivity index (χ4v) is 7.27. The van der Waals surface area contributed by atoms with Crippen LogP contribution in [0.5, 0.6) is 5.75 Å². The molecule has 1 aromatic carbocycles. The minimum absolute atomic E-state index is 0.132. The molecule has 3 aliphatic rings. The quantitative estimate of drug-likeness (QED) is 0.199. The van der Waals surface area contributed by atoms with Gasteiger partial charge in [-0.15, -0.1) is 11.8 Å². The number of esters is 2. The largest absolute Gasteiger partial charge is 0.465 e. The zero-order valence-electron chi connectivity index (χ0n) is 16.6. The van der Waals surface area contributed by atoms with Gasteiger partial charge in [-0.3, -0.25) is 9.35 Å². The molecule has 2 saturated heterocycles. The highest BCUT2D eigenvalue weighted by Gasteiger charge is 2.66. The second kappa shape index (κ2) is 8.76. The third-order valence-electron chi connectivity index (χ3n) is 5.74. The van der Waals surface area contributed by atoms with Crippen LogP contribution in [-0.4, -0.2) is 59.0 Å². The Balaban J connectivity index is 1.38. The highest BCUT2D eigenvalue weighted by Crippen LogP contribution is 2.58. The van der Waals surface area contributed by atoms with Crippen molar-refractivity contribution in [2.24, 2.45) is 5.92 Å². The molecule has 16 heteroatoms. The molecule has 3 heterocycles. The maximum Gasteiger partial charge on any atom is 0.431 e. The molecule has 0 saturated carbocycles. The predicted octanol–water partition coefficient (Wildman–Crippen LogP) is 4.08. The van der Waals surface area contributed by atoms with Gasteiger partial charge in [-0.1, -0.05) is 0 Å². The Morgan fingerprint density at radius 2 is 1.88 bits per heavy atom. The molecule has 4 unspecified atom stereocenters. The SMILES string of the molecule is O=C1OC2(CC3SC2CC3C(=O)OCCC(F)(F)C(F)(F)S(=O)(=O)O)Oc2cc(I)c(I)cc21. The molecule has 4 atom stereocenters. The van der Waals surface area contributed by atoms with Crippen molar-refractivity contribution >= 4 is 79.0 Å². The molecule has 0 aromatic heterocycles. The number of halogens is 6. The summed E-state index contributed by atoms with van der Waals surface area (Å²) in [5, 5.41) is -6.61. The van der Waals surface area contributed by atoms with Crippen LogP contribution in [0.1, 0.15) is 29.6 Å². The number of carbonyl (C=O) groups is 2. The standard InChI is InChI=1S/C18H14F4I2O8S2/c19-17(20,18(21,22)34(27,28)29)1-2-30-14(25)8-4-13-16(6-12(8)33-13)31-11-5-10(24)9(23)3-7(11)15(26)32-16/h3,5,8,12-13H,1-2,4,6H2,(H,27,28,29). The van der Waals surface area contributed by atoms with Crippen molar-refractivity contribution in [1.29, 1.82) is 0 Å². The van der Waals surface area contributed by atoms with Gasteiger partial charge in [-0.2, -0.15) is 26.0 Å². The third-order valence-corrected chi connectivity index (χ3v) is 11.2. The van der Waals surface area contributed by atoms with Gasteiger partial charge in [-0.05, 0) is 63.7 Å². The number of benzene rings is 1. The van der Waals surface area contributed by atoms with E-state index in [4.69, 9.17) is 18.8 Å². The average molecular weight is 752 g/mol. The minimum Gasteiger partial charge on any atom is -0.465 e. The van der Waals surface area contributed by atoms with Crippen molar-refractivity contribution in [2.45, 2.75) is 46.7 Å². The summed E-state index contributed by atoms with van der Waals surface area (Å²) in [4.78, 5) is 25.0. The van der Waals surface area contributed by atoms with Gasteiger partial charge in [0.05, 0.1) is 24.2 Å². The maximum atomic E-state index is 13.6. The summed E-state index contributed by atoms with van der Waals surface area (Å²) >= 11 is 5.49. The van der Waals surface area contributed by atoms with E-state index in [0.717, 1.165) is 7.14 Å². The topological polar surface area (TPSA) is 116 Å². The molecular weight excluding hydrogens is 738 g/mol. The molecule has 8 nitrogen and oxygen atoms in total. The molecule has 3 aliphatic heterocycles. The van der Waals surface area contributed by atoms with Crippen molar-refractivity contribution in [2.75, 3.05) is 6.61 Å². The molecule has 188 valence electrons. The molecule has 0 radical (unpaired) electrons. The van der Waals surface area contributed by atoms with Gasteiger partial charge in [0.15, 0.2) is 0 Å². The number of hydrogen-bond donors (Lipinski definition) is 1. The Morgan fingerprint density at radius 1 is 1.24 bits per heavy atom. The van der Waals surface area contributed by atoms with E-state index in [-0.39, 0.29) is 18.4 Å². The highest BCUT2D eigenvalue weighted by molar-refractivity contribution is 14.1. The Bertz CT molecular complexity index is 1160. The molecule has 4 rings (SSSR count). The lowest BCUT2D eigenvalue weighted by Gasteiger charge is -2.40. The Morgan fingerprint density at radius 3 is 2.47 bits per heavy atom. The molecule has 2 fully saturated rings. The van der Waals surface area contributed by atoms with Crippen molar-refractivity contribution in [3.63, 3.8) is 0 Å². The zero-order chi connectivity index (χ0) is 25.3. The zero-order valence-corrected chi connectivity index (χ0v) is 22.6. The summed E-state index contributed by atoms with van der Waals surface area (Å²) in [5.41, 5.74) is 0.279. The lowest BCUT2D eigenvalue weighted by Crippen LogP contribution is -2.53. The van der Waals surface area contributed by atoms with E-state index in [2.05, 4.69) is 45.2 Å². The first-order valence-corrected chi connectivity index (χ1v) is 14.1. The van der Waals surface area contributed by atoms with Crippen LogP contribution in [0.3, 0.4) is 0 Å². The van der Waals surface area contributed by atoms with E-state index in [9.17, 15) is 35.6 Å². The maximum absolute atomic E-state index is 13.6. The van der Waals surface area contributed by atoms with Crippen molar-refractivity contribution in [3.05, 3.63) is 24.8 Å². The molecule has 1 N–H and O–H groups in total. The summed E-state index contributed by atoms with van der Waals surface area (Å²) in [6.07, 6.45) is -1.54. The highest BCUT2D eigenvalue weighted by atomic mass is 127. The minimum atomic E-state index is -6.36. The number of fused-ring (bicyclic) bond motifs is 4. The van der Waals surface area contributed by atoms with Gasteiger partial charge in [-0.25, -0.2) is 4.79 Å². The van der Waals surface area contributed by atoms with Crippen molar-refractivity contribution in [1.82, 2.24) is 0 Å². The van der Waals surface area contributed by atoms with Crippen LogP contribution in [0.4, 0.5) is 17.6 Å². The van der Waals surface area contributed by atoms with Crippen LogP contribution < -0.4 is 4.74 Å². The van der Waals surface area contributed by atoms with E-state index in [0.29, 0.717) is 5.75 Å². The van der Waals surface area contributed by atoms with E-state index in [1.807, 2.05) is 0 Å². The Hall–Kier alpha value is -0.600. The number of rotatable bonds is 6. The van der Waals surface area contributed by atoms with E-state index >= 15 is 0 Å². The second-order valence-electron chi connectivity index (χ2n) is 7.89. The summed E-state index contributed by atoms with van der Waals surface area (Å²) in [6, 6.07) is 3.36. The van der Waals surface area contributed by atoms with Crippen LogP contribution in [0.2, 0.25) is 0 Å². The lowest BCUT2D eigenvalue weighted by atomic mass is 9.84. The van der Waals surface area contributed by atoms with Crippen LogP contribution in [-0.2, 0) is 24.4 Å². The Kier molecular flexibility index (Phi) is 6.82. The number of alkyl halides is 4. The molecule has 1 spiro atoms. The van der Waals surface area contributed by atoms with E-state index in [1.54, 1.807) is 12.1 Å². The fourth-order valence-electron chi connectivity index (χ4n) is 4.00. The number of carbonyl (C=O) groups excluding carboxylic acids is 2. The third kappa shape index (κ3) is 4.38. The van der Waals surface area contributed by atoms with Gasteiger partial charge in [0.2, 0.25) is 0 Å².